The van der Waals surface area contributed by atoms with Crippen molar-refractivity contribution in [2.45, 2.75) is 45.6 Å². The van der Waals surface area contributed by atoms with Crippen LogP contribution in [0.25, 0.3) is 0 Å². The SMILES string of the molecule is CCCC1CCCN(Cc2cccc(C#CCO)c2)CC1. The molecule has 114 valence electrons. The van der Waals surface area contributed by atoms with Gasteiger partial charge in [0.05, 0.1) is 0 Å². The standard InChI is InChI=1S/C19H27NO/c1-2-6-17-9-4-12-20(13-11-17)16-19-8-3-7-18(15-19)10-5-14-21/h3,7-8,15,17,21H,2,4,6,9,11-14,16H2,1H3. The molecule has 0 aliphatic carbocycles. The molecule has 1 aromatic carbocycles. The van der Waals surface area contributed by atoms with Crippen LogP contribution >= 0.6 is 0 Å². The molecule has 1 aliphatic rings. The van der Waals surface area contributed by atoms with E-state index in [4.69, 9.17) is 5.11 Å². The number of likely N-dealkylation sites (tertiary alicyclic amines) is 1. The fraction of sp³-hybridized carbons (Fsp3) is 0.579. The van der Waals surface area contributed by atoms with E-state index in [1.807, 2.05) is 6.07 Å². The Kier molecular flexibility index (Phi) is 6.79. The molecule has 0 amide bonds. The number of benzene rings is 1. The third-order valence-corrected chi connectivity index (χ3v) is 4.28. The van der Waals surface area contributed by atoms with Crippen LogP contribution < -0.4 is 0 Å². The zero-order chi connectivity index (χ0) is 14.9. The van der Waals surface area contributed by atoms with E-state index in [0.29, 0.717) is 0 Å². The summed E-state index contributed by atoms with van der Waals surface area (Å²) in [5, 5.41) is 8.78. The van der Waals surface area contributed by atoms with Crippen molar-refractivity contribution >= 4 is 0 Å². The molecule has 1 aromatic rings. The predicted octanol–water partition coefficient (Wildman–Crippen LogP) is 3.43. The molecule has 0 spiro atoms. The molecule has 2 heteroatoms. The Bertz CT molecular complexity index is 486. The number of aliphatic hydroxyl groups is 1. The second-order valence-electron chi connectivity index (χ2n) is 6.02. The van der Waals surface area contributed by atoms with Crippen molar-refractivity contribution in [2.24, 2.45) is 5.92 Å². The first kappa shape index (κ1) is 16.1. The van der Waals surface area contributed by atoms with Gasteiger partial charge in [0.15, 0.2) is 0 Å². The summed E-state index contributed by atoms with van der Waals surface area (Å²) in [5.41, 5.74) is 2.33. The number of hydrogen-bond acceptors (Lipinski definition) is 2. The molecular formula is C19H27NO. The first-order chi connectivity index (χ1) is 10.3. The summed E-state index contributed by atoms with van der Waals surface area (Å²) in [6, 6.07) is 8.40. The highest BCUT2D eigenvalue weighted by molar-refractivity contribution is 5.37. The predicted molar refractivity (Wildman–Crippen MR) is 87.9 cm³/mol. The van der Waals surface area contributed by atoms with Gasteiger partial charge >= 0.3 is 0 Å². The molecule has 0 bridgehead atoms. The minimum absolute atomic E-state index is 0.0742. The second-order valence-corrected chi connectivity index (χ2v) is 6.02. The summed E-state index contributed by atoms with van der Waals surface area (Å²) in [6.45, 7) is 5.67. The first-order valence-electron chi connectivity index (χ1n) is 8.23. The van der Waals surface area contributed by atoms with Gasteiger partial charge in [-0.15, -0.1) is 0 Å². The van der Waals surface area contributed by atoms with E-state index in [-0.39, 0.29) is 6.61 Å². The Hall–Kier alpha value is -1.30. The highest BCUT2D eigenvalue weighted by atomic mass is 16.2. The molecule has 2 rings (SSSR count). The summed E-state index contributed by atoms with van der Waals surface area (Å²) >= 11 is 0. The molecule has 1 atom stereocenters. The summed E-state index contributed by atoms with van der Waals surface area (Å²) in [5.74, 6) is 6.64. The van der Waals surface area contributed by atoms with Crippen molar-refractivity contribution in [3.63, 3.8) is 0 Å². The third kappa shape index (κ3) is 5.53. The molecule has 21 heavy (non-hydrogen) atoms. The molecular weight excluding hydrogens is 258 g/mol. The van der Waals surface area contributed by atoms with Gasteiger partial charge in [0.1, 0.15) is 6.61 Å². The summed E-state index contributed by atoms with van der Waals surface area (Å²) in [4.78, 5) is 2.58. The monoisotopic (exact) mass is 285 g/mol. The van der Waals surface area contributed by atoms with Crippen LogP contribution in [-0.4, -0.2) is 29.7 Å². The molecule has 1 saturated heterocycles. The van der Waals surface area contributed by atoms with Gasteiger partial charge in [0.25, 0.3) is 0 Å². The molecule has 0 saturated carbocycles. The van der Waals surface area contributed by atoms with Crippen molar-refractivity contribution in [2.75, 3.05) is 19.7 Å². The molecule has 0 radical (unpaired) electrons. The van der Waals surface area contributed by atoms with E-state index < -0.39 is 0 Å². The minimum atomic E-state index is -0.0742. The Balaban J connectivity index is 1.92. The molecule has 1 N–H and O–H groups in total. The van der Waals surface area contributed by atoms with E-state index in [0.717, 1.165) is 18.0 Å². The Morgan fingerprint density at radius 3 is 3.00 bits per heavy atom. The van der Waals surface area contributed by atoms with Crippen LogP contribution in [0.15, 0.2) is 24.3 Å². The molecule has 2 nitrogen and oxygen atoms in total. The largest absolute Gasteiger partial charge is 0.384 e. The molecule has 1 aliphatic heterocycles. The van der Waals surface area contributed by atoms with Gasteiger partial charge in [0, 0.05) is 12.1 Å². The smallest absolute Gasteiger partial charge is 0.104 e. The van der Waals surface area contributed by atoms with Crippen molar-refractivity contribution in [3.05, 3.63) is 35.4 Å². The van der Waals surface area contributed by atoms with Gasteiger partial charge in [0.2, 0.25) is 0 Å². The summed E-state index contributed by atoms with van der Waals surface area (Å²) in [7, 11) is 0. The van der Waals surface area contributed by atoms with Gasteiger partial charge in [-0.05, 0) is 56.0 Å². The molecule has 1 unspecified atom stereocenters. The average molecular weight is 285 g/mol. The fourth-order valence-electron chi connectivity index (χ4n) is 3.23. The lowest BCUT2D eigenvalue weighted by Crippen LogP contribution is -2.24. The quantitative estimate of drug-likeness (QED) is 0.857. The van der Waals surface area contributed by atoms with Crippen molar-refractivity contribution in [1.29, 1.82) is 0 Å². The van der Waals surface area contributed by atoms with E-state index in [9.17, 15) is 0 Å². The van der Waals surface area contributed by atoms with Crippen LogP contribution in [0.5, 0.6) is 0 Å². The minimum Gasteiger partial charge on any atom is -0.384 e. The Morgan fingerprint density at radius 1 is 1.29 bits per heavy atom. The summed E-state index contributed by atoms with van der Waals surface area (Å²) < 4.78 is 0. The van der Waals surface area contributed by atoms with Gasteiger partial charge in [-0.3, -0.25) is 4.90 Å². The summed E-state index contributed by atoms with van der Waals surface area (Å²) in [6.07, 6.45) is 6.77. The van der Waals surface area contributed by atoms with Crippen LogP contribution in [0.2, 0.25) is 0 Å². The number of rotatable bonds is 4. The highest BCUT2D eigenvalue weighted by Gasteiger charge is 2.16. The lowest BCUT2D eigenvalue weighted by molar-refractivity contribution is 0.271. The van der Waals surface area contributed by atoms with Crippen LogP contribution in [0.1, 0.15) is 50.2 Å². The van der Waals surface area contributed by atoms with Crippen LogP contribution in [0.4, 0.5) is 0 Å². The molecule has 0 aromatic heterocycles. The van der Waals surface area contributed by atoms with E-state index in [2.05, 4.69) is 41.9 Å². The van der Waals surface area contributed by atoms with Gasteiger partial charge in [-0.25, -0.2) is 0 Å². The molecule has 1 heterocycles. The Labute approximate surface area is 129 Å². The van der Waals surface area contributed by atoms with Crippen LogP contribution in [0, 0.1) is 17.8 Å². The van der Waals surface area contributed by atoms with Crippen molar-refractivity contribution in [3.8, 4) is 11.8 Å². The van der Waals surface area contributed by atoms with Crippen LogP contribution in [-0.2, 0) is 6.54 Å². The lowest BCUT2D eigenvalue weighted by Gasteiger charge is -2.20. The topological polar surface area (TPSA) is 23.5 Å². The van der Waals surface area contributed by atoms with E-state index in [1.165, 1.54) is 50.8 Å². The van der Waals surface area contributed by atoms with Gasteiger partial charge in [-0.1, -0.05) is 43.7 Å². The van der Waals surface area contributed by atoms with E-state index >= 15 is 0 Å². The van der Waals surface area contributed by atoms with Crippen LogP contribution in [0.3, 0.4) is 0 Å². The van der Waals surface area contributed by atoms with Crippen molar-refractivity contribution in [1.82, 2.24) is 4.90 Å². The van der Waals surface area contributed by atoms with Crippen molar-refractivity contribution < 1.29 is 5.11 Å². The average Bonchev–Trinajstić information content (AvgIpc) is 2.72. The van der Waals surface area contributed by atoms with Gasteiger partial charge in [-0.2, -0.15) is 0 Å². The highest BCUT2D eigenvalue weighted by Crippen LogP contribution is 2.22. The number of hydrogen-bond donors (Lipinski definition) is 1. The van der Waals surface area contributed by atoms with Gasteiger partial charge < -0.3 is 5.11 Å². The number of nitrogens with zero attached hydrogens (tertiary/aromatic N) is 1. The number of aliphatic hydroxyl groups excluding tert-OH is 1. The Morgan fingerprint density at radius 2 is 2.19 bits per heavy atom. The maximum Gasteiger partial charge on any atom is 0.104 e. The zero-order valence-corrected chi connectivity index (χ0v) is 13.1. The fourth-order valence-corrected chi connectivity index (χ4v) is 3.23. The zero-order valence-electron chi connectivity index (χ0n) is 13.1. The maximum atomic E-state index is 8.78. The lowest BCUT2D eigenvalue weighted by atomic mass is 9.96. The maximum absolute atomic E-state index is 8.78. The van der Waals surface area contributed by atoms with E-state index in [1.54, 1.807) is 0 Å². The molecule has 1 fully saturated rings. The second kappa shape index (κ2) is 8.87. The third-order valence-electron chi connectivity index (χ3n) is 4.28. The first-order valence-corrected chi connectivity index (χ1v) is 8.23. The normalized spacial score (nSPS) is 19.6.